The molecule has 1 saturated heterocycles. The normalized spacial score (nSPS) is 17.4. The molecule has 1 aliphatic rings. The maximum atomic E-state index is 12.9. The van der Waals surface area contributed by atoms with Crippen LogP contribution in [0.15, 0.2) is 23.1 Å². The third-order valence-corrected chi connectivity index (χ3v) is 9.23. The molecular weight excluding hydrogens is 386 g/mol. The van der Waals surface area contributed by atoms with Gasteiger partial charge in [-0.2, -0.15) is 4.31 Å². The molecule has 0 saturated carbocycles. The topological polar surface area (TPSA) is 80.8 Å². The van der Waals surface area contributed by atoms with Crippen molar-refractivity contribution in [2.75, 3.05) is 25.4 Å². The van der Waals surface area contributed by atoms with Crippen LogP contribution in [0.4, 0.5) is 0 Å². The lowest BCUT2D eigenvalue weighted by molar-refractivity contribution is 0.315. The summed E-state index contributed by atoms with van der Waals surface area (Å²) in [4.78, 5) is 0.229. The highest BCUT2D eigenvalue weighted by molar-refractivity contribution is 7.92. The molecule has 0 aromatic heterocycles. The van der Waals surface area contributed by atoms with Gasteiger partial charge in [0.2, 0.25) is 10.0 Å². The Labute approximate surface area is 163 Å². The lowest BCUT2D eigenvalue weighted by Crippen LogP contribution is -2.43. The van der Waals surface area contributed by atoms with Gasteiger partial charge in [-0.15, -0.1) is 0 Å². The van der Waals surface area contributed by atoms with Gasteiger partial charge in [0.25, 0.3) is 0 Å². The molecule has 0 bridgehead atoms. The number of hydrogen-bond acceptors (Lipinski definition) is 5. The average Bonchev–Trinajstić information content (AvgIpc) is 2.59. The molecule has 0 atom stereocenters. The summed E-state index contributed by atoms with van der Waals surface area (Å²) in [6.45, 7) is 8.66. The molecule has 2 rings (SSSR count). The van der Waals surface area contributed by atoms with Gasteiger partial charge in [-0.25, -0.2) is 16.8 Å². The molecule has 1 aliphatic heterocycles. The van der Waals surface area contributed by atoms with Gasteiger partial charge in [0.15, 0.2) is 9.84 Å². The number of rotatable bonds is 8. The zero-order valence-electron chi connectivity index (χ0n) is 16.6. The largest absolute Gasteiger partial charge is 0.493 e. The van der Waals surface area contributed by atoms with Gasteiger partial charge in [0.05, 0.1) is 22.5 Å². The van der Waals surface area contributed by atoms with Crippen LogP contribution in [0.5, 0.6) is 5.75 Å². The smallest absolute Gasteiger partial charge is 0.243 e. The van der Waals surface area contributed by atoms with Crippen LogP contribution >= 0.6 is 0 Å². The van der Waals surface area contributed by atoms with Crippen molar-refractivity contribution in [1.82, 2.24) is 4.31 Å². The second-order valence-corrected chi connectivity index (χ2v) is 11.9. The summed E-state index contributed by atoms with van der Waals surface area (Å²) in [5.41, 5.74) is 0.777. The quantitative estimate of drug-likeness (QED) is 0.649. The Morgan fingerprint density at radius 2 is 1.78 bits per heavy atom. The SMILES string of the molecule is CCCOc1ccc(S(=O)(=O)N2CCC(S(=O)(=O)CC(C)C)CC2)cc1C. The van der Waals surface area contributed by atoms with E-state index in [1.807, 2.05) is 27.7 Å². The van der Waals surface area contributed by atoms with E-state index in [9.17, 15) is 16.8 Å². The highest BCUT2D eigenvalue weighted by Crippen LogP contribution is 2.28. The Morgan fingerprint density at radius 1 is 1.15 bits per heavy atom. The first-order valence-corrected chi connectivity index (χ1v) is 12.7. The first-order valence-electron chi connectivity index (χ1n) is 9.53. The van der Waals surface area contributed by atoms with E-state index in [0.29, 0.717) is 25.2 Å². The van der Waals surface area contributed by atoms with Crippen LogP contribution < -0.4 is 4.74 Å². The first kappa shape index (κ1) is 22.2. The van der Waals surface area contributed by atoms with Crippen LogP contribution in [0.2, 0.25) is 0 Å². The van der Waals surface area contributed by atoms with Crippen molar-refractivity contribution in [3.8, 4) is 5.75 Å². The first-order chi connectivity index (χ1) is 12.6. The van der Waals surface area contributed by atoms with E-state index >= 15 is 0 Å². The molecule has 1 aromatic rings. The van der Waals surface area contributed by atoms with Gasteiger partial charge in [0, 0.05) is 13.1 Å². The second-order valence-electron chi connectivity index (χ2n) is 7.60. The molecule has 0 N–H and O–H groups in total. The maximum absolute atomic E-state index is 12.9. The molecule has 0 radical (unpaired) electrons. The van der Waals surface area contributed by atoms with Gasteiger partial charge in [0.1, 0.15) is 5.75 Å². The highest BCUT2D eigenvalue weighted by Gasteiger charge is 2.35. The number of benzene rings is 1. The van der Waals surface area contributed by atoms with Crippen LogP contribution in [0.25, 0.3) is 0 Å². The van der Waals surface area contributed by atoms with Crippen molar-refractivity contribution in [3.05, 3.63) is 23.8 Å². The Bertz CT molecular complexity index is 839. The Balaban J connectivity index is 2.10. The van der Waals surface area contributed by atoms with Crippen LogP contribution in [0, 0.1) is 12.8 Å². The molecule has 154 valence electrons. The Hall–Kier alpha value is -1.12. The molecule has 0 unspecified atom stereocenters. The van der Waals surface area contributed by atoms with Crippen molar-refractivity contribution in [2.24, 2.45) is 5.92 Å². The van der Waals surface area contributed by atoms with Crippen molar-refractivity contribution >= 4 is 19.9 Å². The molecule has 0 spiro atoms. The van der Waals surface area contributed by atoms with E-state index in [4.69, 9.17) is 4.74 Å². The lowest BCUT2D eigenvalue weighted by Gasteiger charge is -2.31. The molecule has 6 nitrogen and oxygen atoms in total. The molecular formula is C19H31NO5S2. The van der Waals surface area contributed by atoms with Crippen molar-refractivity contribution in [3.63, 3.8) is 0 Å². The molecule has 1 aromatic carbocycles. The van der Waals surface area contributed by atoms with Crippen LogP contribution in [0.1, 0.15) is 45.6 Å². The third-order valence-electron chi connectivity index (χ3n) is 4.72. The van der Waals surface area contributed by atoms with E-state index in [2.05, 4.69) is 0 Å². The number of aryl methyl sites for hydroxylation is 1. The second kappa shape index (κ2) is 8.92. The number of nitrogens with zero attached hydrogens (tertiary/aromatic N) is 1. The average molecular weight is 418 g/mol. The summed E-state index contributed by atoms with van der Waals surface area (Å²) in [7, 11) is -6.81. The van der Waals surface area contributed by atoms with Gasteiger partial charge in [-0.3, -0.25) is 0 Å². The van der Waals surface area contributed by atoms with Crippen molar-refractivity contribution < 1.29 is 21.6 Å². The highest BCUT2D eigenvalue weighted by atomic mass is 32.2. The molecule has 1 heterocycles. The summed E-state index contributed by atoms with van der Waals surface area (Å²) in [6, 6.07) is 4.88. The zero-order valence-corrected chi connectivity index (χ0v) is 18.3. The predicted molar refractivity (Wildman–Crippen MR) is 107 cm³/mol. The molecule has 1 fully saturated rings. The number of hydrogen-bond donors (Lipinski definition) is 0. The molecule has 27 heavy (non-hydrogen) atoms. The summed E-state index contributed by atoms with van der Waals surface area (Å²) in [5, 5.41) is -0.446. The van der Waals surface area contributed by atoms with Crippen LogP contribution in [0.3, 0.4) is 0 Å². The zero-order chi connectivity index (χ0) is 20.2. The predicted octanol–water partition coefficient (Wildman–Crippen LogP) is 3.01. The minimum atomic E-state index is -3.63. The Morgan fingerprint density at radius 3 is 2.30 bits per heavy atom. The van der Waals surface area contributed by atoms with E-state index < -0.39 is 25.1 Å². The standard InChI is InChI=1S/C19H31NO5S2/c1-5-12-25-19-7-6-18(13-16(19)4)27(23,24)20-10-8-17(9-11-20)26(21,22)14-15(2)3/h6-7,13,15,17H,5,8-12,14H2,1-4H3. The summed E-state index contributed by atoms with van der Waals surface area (Å²) >= 11 is 0. The Kier molecular flexibility index (Phi) is 7.33. The summed E-state index contributed by atoms with van der Waals surface area (Å²) in [5.74, 6) is 0.922. The number of sulfone groups is 1. The van der Waals surface area contributed by atoms with Gasteiger partial charge < -0.3 is 4.74 Å². The minimum Gasteiger partial charge on any atom is -0.493 e. The monoisotopic (exact) mass is 417 g/mol. The molecule has 0 aliphatic carbocycles. The van der Waals surface area contributed by atoms with Crippen LogP contribution in [-0.2, 0) is 19.9 Å². The summed E-state index contributed by atoms with van der Waals surface area (Å²) in [6.07, 6.45) is 1.59. The van der Waals surface area contributed by atoms with E-state index in [0.717, 1.165) is 12.0 Å². The molecule has 0 amide bonds. The van der Waals surface area contributed by atoms with Crippen LogP contribution in [-0.4, -0.2) is 51.8 Å². The number of ether oxygens (including phenoxy) is 1. The van der Waals surface area contributed by atoms with Gasteiger partial charge in [-0.1, -0.05) is 20.8 Å². The molecule has 8 heteroatoms. The van der Waals surface area contributed by atoms with E-state index in [1.54, 1.807) is 18.2 Å². The minimum absolute atomic E-state index is 0.0770. The number of sulfonamides is 1. The van der Waals surface area contributed by atoms with Gasteiger partial charge >= 0.3 is 0 Å². The van der Waals surface area contributed by atoms with Crippen molar-refractivity contribution in [1.29, 1.82) is 0 Å². The number of piperidine rings is 1. The summed E-state index contributed by atoms with van der Waals surface area (Å²) < 4.78 is 57.7. The fourth-order valence-corrected chi connectivity index (χ4v) is 7.02. The van der Waals surface area contributed by atoms with Gasteiger partial charge in [-0.05, 0) is 55.9 Å². The third kappa shape index (κ3) is 5.45. The van der Waals surface area contributed by atoms with E-state index in [1.165, 1.54) is 4.31 Å². The fourth-order valence-electron chi connectivity index (χ4n) is 3.34. The lowest BCUT2D eigenvalue weighted by atomic mass is 10.2. The fraction of sp³-hybridized carbons (Fsp3) is 0.684. The maximum Gasteiger partial charge on any atom is 0.243 e. The van der Waals surface area contributed by atoms with E-state index in [-0.39, 0.29) is 29.7 Å². The van der Waals surface area contributed by atoms with Crippen molar-refractivity contribution in [2.45, 2.75) is 57.1 Å².